The molecule has 1 aromatic carbocycles. The van der Waals surface area contributed by atoms with E-state index in [2.05, 4.69) is 0 Å². The third-order valence-corrected chi connectivity index (χ3v) is 2.42. The Kier molecular flexibility index (Phi) is 4.30. The summed E-state index contributed by atoms with van der Waals surface area (Å²) in [5.41, 5.74) is -0.695. The number of ether oxygens (including phenoxy) is 1. The highest BCUT2D eigenvalue weighted by Gasteiger charge is 2.26. The maximum Gasteiger partial charge on any atom is 0.337 e. The van der Waals surface area contributed by atoms with Crippen LogP contribution >= 0.6 is 0 Å². The number of aromatic hydroxyl groups is 1. The number of rotatable bonds is 5. The van der Waals surface area contributed by atoms with Crippen LogP contribution in [0.1, 0.15) is 23.3 Å². The molecule has 19 heavy (non-hydrogen) atoms. The van der Waals surface area contributed by atoms with Crippen molar-refractivity contribution in [2.45, 2.75) is 12.2 Å². The fourth-order valence-electron chi connectivity index (χ4n) is 1.45. The van der Waals surface area contributed by atoms with Gasteiger partial charge in [0.1, 0.15) is 0 Å². The third kappa shape index (κ3) is 2.92. The zero-order chi connectivity index (χ0) is 14.7. The molecule has 0 aliphatic rings. The quantitative estimate of drug-likeness (QED) is 0.488. The predicted molar refractivity (Wildman–Crippen MR) is 59.9 cm³/mol. The Morgan fingerprint density at radius 3 is 2.05 bits per heavy atom. The third-order valence-electron chi connectivity index (χ3n) is 2.42. The predicted octanol–water partition coefficient (Wildman–Crippen LogP) is -0.363. The van der Waals surface area contributed by atoms with E-state index in [-0.39, 0.29) is 11.3 Å². The number of phenols is 1. The number of hydrogen-bond acceptors (Lipinski definition) is 6. The van der Waals surface area contributed by atoms with E-state index in [1.807, 2.05) is 0 Å². The highest BCUT2D eigenvalue weighted by molar-refractivity contribution is 5.78. The molecule has 0 amide bonds. The Hall–Kier alpha value is -2.32. The van der Waals surface area contributed by atoms with Gasteiger partial charge in [0.2, 0.25) is 0 Å². The molecule has 0 spiro atoms. The van der Waals surface area contributed by atoms with Gasteiger partial charge in [-0.05, 0) is 17.7 Å². The minimum atomic E-state index is -2.07. The monoisotopic (exact) mass is 272 g/mol. The Morgan fingerprint density at radius 1 is 1.11 bits per heavy atom. The number of hydrogen-bond donors (Lipinski definition) is 5. The van der Waals surface area contributed by atoms with Crippen LogP contribution in [0.3, 0.4) is 0 Å². The molecule has 2 atom stereocenters. The number of aliphatic hydroxyl groups is 2. The summed E-state index contributed by atoms with van der Waals surface area (Å²) in [5, 5.41) is 45.8. The van der Waals surface area contributed by atoms with Gasteiger partial charge in [0.05, 0.1) is 7.11 Å². The minimum absolute atomic E-state index is 0.225. The van der Waals surface area contributed by atoms with Crippen molar-refractivity contribution in [3.05, 3.63) is 23.3 Å². The van der Waals surface area contributed by atoms with E-state index in [1.165, 1.54) is 0 Å². The van der Waals surface area contributed by atoms with Crippen molar-refractivity contribution in [3.63, 3.8) is 0 Å². The number of carbonyl (C=O) groups is 2. The van der Waals surface area contributed by atoms with E-state index in [1.54, 1.807) is 0 Å². The first-order chi connectivity index (χ1) is 8.79. The summed E-state index contributed by atoms with van der Waals surface area (Å²) in [6.45, 7) is 0. The number of benzene rings is 1. The summed E-state index contributed by atoms with van der Waals surface area (Å²) in [4.78, 5) is 21.4. The highest BCUT2D eigenvalue weighted by atomic mass is 16.5. The van der Waals surface area contributed by atoms with Crippen LogP contribution in [0.4, 0.5) is 0 Å². The Labute approximate surface area is 107 Å². The summed E-state index contributed by atoms with van der Waals surface area (Å²) >= 11 is 0. The zero-order valence-corrected chi connectivity index (χ0v) is 9.77. The van der Waals surface area contributed by atoms with Crippen molar-refractivity contribution < 1.29 is 39.9 Å². The van der Waals surface area contributed by atoms with Crippen molar-refractivity contribution in [3.8, 4) is 11.5 Å². The molecule has 8 heteroatoms. The SMILES string of the molecule is COc1cc(C(O)C(=O)O)cc(C(O)C(=O)O)c1O. The van der Waals surface area contributed by atoms with E-state index in [0.29, 0.717) is 0 Å². The molecular weight excluding hydrogens is 260 g/mol. The van der Waals surface area contributed by atoms with Gasteiger partial charge in [0.25, 0.3) is 0 Å². The molecule has 0 heterocycles. The molecule has 0 aliphatic heterocycles. The first-order valence-electron chi connectivity index (χ1n) is 5.02. The zero-order valence-electron chi connectivity index (χ0n) is 9.77. The van der Waals surface area contributed by atoms with Crippen molar-refractivity contribution in [1.29, 1.82) is 0 Å². The van der Waals surface area contributed by atoms with Gasteiger partial charge in [-0.25, -0.2) is 9.59 Å². The number of methoxy groups -OCH3 is 1. The van der Waals surface area contributed by atoms with Gasteiger partial charge in [0, 0.05) is 5.56 Å². The lowest BCUT2D eigenvalue weighted by molar-refractivity contribution is -0.147. The van der Waals surface area contributed by atoms with Gasteiger partial charge >= 0.3 is 11.9 Å². The molecule has 5 N–H and O–H groups in total. The van der Waals surface area contributed by atoms with Crippen molar-refractivity contribution in [2.75, 3.05) is 7.11 Å². The summed E-state index contributed by atoms with van der Waals surface area (Å²) in [6, 6.07) is 1.92. The van der Waals surface area contributed by atoms with E-state index in [0.717, 1.165) is 19.2 Å². The van der Waals surface area contributed by atoms with Gasteiger partial charge in [0.15, 0.2) is 23.7 Å². The molecule has 0 saturated heterocycles. The molecule has 104 valence electrons. The van der Waals surface area contributed by atoms with Crippen LogP contribution in [0.5, 0.6) is 11.5 Å². The van der Waals surface area contributed by atoms with Gasteiger partial charge in [-0.1, -0.05) is 0 Å². The van der Waals surface area contributed by atoms with E-state index in [9.17, 15) is 24.9 Å². The molecule has 8 nitrogen and oxygen atoms in total. The fraction of sp³-hybridized carbons (Fsp3) is 0.273. The topological polar surface area (TPSA) is 145 Å². The number of phenolic OH excluding ortho intramolecular Hbond substituents is 1. The first kappa shape index (κ1) is 14.7. The van der Waals surface area contributed by atoms with E-state index in [4.69, 9.17) is 14.9 Å². The molecule has 1 aromatic rings. The van der Waals surface area contributed by atoms with Gasteiger partial charge in [-0.2, -0.15) is 0 Å². The second kappa shape index (κ2) is 5.55. The normalized spacial score (nSPS) is 13.6. The van der Waals surface area contributed by atoms with Crippen LogP contribution in [0.25, 0.3) is 0 Å². The van der Waals surface area contributed by atoms with Gasteiger partial charge < -0.3 is 30.3 Å². The second-order valence-electron chi connectivity index (χ2n) is 3.64. The number of aliphatic hydroxyl groups excluding tert-OH is 2. The molecule has 1 rings (SSSR count). The molecule has 2 unspecified atom stereocenters. The summed E-state index contributed by atoms with van der Waals surface area (Å²) in [5.74, 6) is -4.10. The Balaban J connectivity index is 3.42. The lowest BCUT2D eigenvalue weighted by atomic mass is 10.0. The minimum Gasteiger partial charge on any atom is -0.504 e. The molecule has 0 fully saturated rings. The average Bonchev–Trinajstić information content (AvgIpc) is 2.37. The maximum atomic E-state index is 10.7. The molecule has 0 bridgehead atoms. The second-order valence-corrected chi connectivity index (χ2v) is 3.64. The molecule has 0 aliphatic carbocycles. The molecule has 0 aromatic heterocycles. The van der Waals surface area contributed by atoms with Gasteiger partial charge in [-0.3, -0.25) is 0 Å². The number of aliphatic carboxylic acids is 2. The Morgan fingerprint density at radius 2 is 1.63 bits per heavy atom. The smallest absolute Gasteiger partial charge is 0.337 e. The number of carboxylic acids is 2. The maximum absolute atomic E-state index is 10.7. The van der Waals surface area contributed by atoms with Crippen LogP contribution in [-0.2, 0) is 9.59 Å². The Bertz CT molecular complexity index is 510. The number of carboxylic acid groups (broad SMARTS) is 2. The summed E-state index contributed by atoms with van der Waals surface area (Å²) < 4.78 is 4.73. The van der Waals surface area contributed by atoms with Gasteiger partial charge in [-0.15, -0.1) is 0 Å². The summed E-state index contributed by atoms with van der Waals surface area (Å²) in [6.07, 6.45) is -4.01. The van der Waals surface area contributed by atoms with Crippen LogP contribution in [0.15, 0.2) is 12.1 Å². The van der Waals surface area contributed by atoms with Crippen molar-refractivity contribution in [2.24, 2.45) is 0 Å². The van der Waals surface area contributed by atoms with Crippen LogP contribution in [-0.4, -0.2) is 44.6 Å². The van der Waals surface area contributed by atoms with E-state index < -0.39 is 35.5 Å². The van der Waals surface area contributed by atoms with Crippen LogP contribution in [0, 0.1) is 0 Å². The lowest BCUT2D eigenvalue weighted by Crippen LogP contribution is -2.14. The molecule has 0 saturated carbocycles. The largest absolute Gasteiger partial charge is 0.504 e. The van der Waals surface area contributed by atoms with Crippen LogP contribution in [0.2, 0.25) is 0 Å². The highest BCUT2D eigenvalue weighted by Crippen LogP contribution is 2.37. The van der Waals surface area contributed by atoms with Crippen LogP contribution < -0.4 is 4.74 Å². The van der Waals surface area contributed by atoms with E-state index >= 15 is 0 Å². The van der Waals surface area contributed by atoms with Crippen molar-refractivity contribution in [1.82, 2.24) is 0 Å². The standard InChI is InChI=1S/C11H12O8/c1-19-6-3-4(7(12)10(15)16)2-5(8(6)13)9(14)11(17)18/h2-3,7,9,12-14H,1H3,(H,15,16)(H,17,18). The first-order valence-corrected chi connectivity index (χ1v) is 5.02. The fourth-order valence-corrected chi connectivity index (χ4v) is 1.45. The lowest BCUT2D eigenvalue weighted by Gasteiger charge is -2.15. The van der Waals surface area contributed by atoms with Crippen molar-refractivity contribution >= 4 is 11.9 Å². The summed E-state index contributed by atoms with van der Waals surface area (Å²) in [7, 11) is 1.16. The molecule has 0 radical (unpaired) electrons. The average molecular weight is 272 g/mol. The molecular formula is C11H12O8.